The number of aliphatic hydroxyl groups excluding tert-OH is 1. The molecule has 5 heteroatoms. The maximum absolute atomic E-state index is 10.9. The molecule has 0 unspecified atom stereocenters. The SMILES string of the molecule is CC(=O)N[C@@H](CC(C)C)[C@H](O)CC(=O)O. The first-order valence-corrected chi connectivity index (χ1v) is 5.00. The van der Waals surface area contributed by atoms with Crippen LogP contribution < -0.4 is 5.32 Å². The molecule has 0 aromatic heterocycles. The molecule has 0 bridgehead atoms. The Morgan fingerprint density at radius 1 is 1.33 bits per heavy atom. The molecule has 0 aliphatic heterocycles. The summed E-state index contributed by atoms with van der Waals surface area (Å²) >= 11 is 0. The molecule has 0 radical (unpaired) electrons. The van der Waals surface area contributed by atoms with Gasteiger partial charge >= 0.3 is 5.97 Å². The minimum atomic E-state index is -1.07. The zero-order valence-electron chi connectivity index (χ0n) is 9.36. The van der Waals surface area contributed by atoms with Gasteiger partial charge in [0, 0.05) is 6.92 Å². The molecule has 2 atom stereocenters. The third-order valence-electron chi connectivity index (χ3n) is 1.96. The molecule has 88 valence electrons. The maximum Gasteiger partial charge on any atom is 0.306 e. The van der Waals surface area contributed by atoms with Gasteiger partial charge in [-0.2, -0.15) is 0 Å². The molecule has 5 nitrogen and oxygen atoms in total. The Morgan fingerprint density at radius 2 is 1.87 bits per heavy atom. The van der Waals surface area contributed by atoms with Crippen LogP contribution in [0, 0.1) is 5.92 Å². The Hall–Kier alpha value is -1.10. The highest BCUT2D eigenvalue weighted by Crippen LogP contribution is 2.10. The van der Waals surface area contributed by atoms with E-state index >= 15 is 0 Å². The van der Waals surface area contributed by atoms with E-state index in [0.29, 0.717) is 6.42 Å². The van der Waals surface area contributed by atoms with Crippen molar-refractivity contribution in [2.24, 2.45) is 5.92 Å². The largest absolute Gasteiger partial charge is 0.481 e. The van der Waals surface area contributed by atoms with Crippen molar-refractivity contribution >= 4 is 11.9 Å². The van der Waals surface area contributed by atoms with Crippen molar-refractivity contribution in [2.75, 3.05) is 0 Å². The van der Waals surface area contributed by atoms with Gasteiger partial charge in [0.05, 0.1) is 18.6 Å². The van der Waals surface area contributed by atoms with Gasteiger partial charge in [-0.05, 0) is 12.3 Å². The van der Waals surface area contributed by atoms with E-state index in [0.717, 1.165) is 0 Å². The summed E-state index contributed by atoms with van der Waals surface area (Å²) in [6.07, 6.45) is -0.820. The smallest absolute Gasteiger partial charge is 0.306 e. The third kappa shape index (κ3) is 6.90. The Kier molecular flexibility index (Phi) is 5.93. The van der Waals surface area contributed by atoms with Gasteiger partial charge in [-0.3, -0.25) is 9.59 Å². The molecule has 0 aliphatic carbocycles. The second-order valence-corrected chi connectivity index (χ2v) is 4.10. The van der Waals surface area contributed by atoms with Crippen molar-refractivity contribution in [3.63, 3.8) is 0 Å². The average Bonchev–Trinajstić information content (AvgIpc) is 1.99. The number of aliphatic hydroxyl groups is 1. The standard InChI is InChI=1S/C10H19NO4/c1-6(2)4-8(11-7(3)12)9(13)5-10(14)15/h6,8-9,13H,4-5H2,1-3H3,(H,11,12)(H,14,15)/t8-,9+/m0/s1. The van der Waals surface area contributed by atoms with Crippen molar-refractivity contribution in [3.8, 4) is 0 Å². The van der Waals surface area contributed by atoms with Crippen LogP contribution in [0.3, 0.4) is 0 Å². The number of carbonyl (C=O) groups is 2. The van der Waals surface area contributed by atoms with E-state index in [9.17, 15) is 14.7 Å². The number of amides is 1. The Balaban J connectivity index is 4.32. The fourth-order valence-electron chi connectivity index (χ4n) is 1.40. The van der Waals surface area contributed by atoms with Crippen molar-refractivity contribution in [1.82, 2.24) is 5.32 Å². The van der Waals surface area contributed by atoms with Crippen molar-refractivity contribution in [2.45, 2.75) is 45.8 Å². The number of rotatable bonds is 6. The number of hydrogen-bond donors (Lipinski definition) is 3. The normalized spacial score (nSPS) is 14.7. The summed E-state index contributed by atoms with van der Waals surface area (Å²) in [6, 6.07) is -0.487. The van der Waals surface area contributed by atoms with Gasteiger partial charge in [-0.25, -0.2) is 0 Å². The molecular formula is C10H19NO4. The van der Waals surface area contributed by atoms with E-state index in [1.54, 1.807) is 0 Å². The van der Waals surface area contributed by atoms with E-state index in [2.05, 4.69) is 5.32 Å². The zero-order chi connectivity index (χ0) is 12.0. The van der Waals surface area contributed by atoms with Crippen LogP contribution in [0.5, 0.6) is 0 Å². The van der Waals surface area contributed by atoms with Crippen LogP contribution in [0.1, 0.15) is 33.6 Å². The second kappa shape index (κ2) is 6.40. The molecule has 0 saturated heterocycles. The van der Waals surface area contributed by atoms with Crippen molar-refractivity contribution in [3.05, 3.63) is 0 Å². The maximum atomic E-state index is 10.9. The van der Waals surface area contributed by atoms with E-state index in [4.69, 9.17) is 5.11 Å². The van der Waals surface area contributed by atoms with Crippen LogP contribution >= 0.6 is 0 Å². The molecule has 0 aromatic carbocycles. The van der Waals surface area contributed by atoms with Crippen LogP contribution in [0.15, 0.2) is 0 Å². The lowest BCUT2D eigenvalue weighted by Gasteiger charge is -2.24. The van der Waals surface area contributed by atoms with Gasteiger partial charge in [-0.1, -0.05) is 13.8 Å². The summed E-state index contributed by atoms with van der Waals surface area (Å²) in [5.74, 6) is -1.04. The van der Waals surface area contributed by atoms with Gasteiger partial charge in [0.2, 0.25) is 5.91 Å². The summed E-state index contributed by atoms with van der Waals surface area (Å²) in [5.41, 5.74) is 0. The topological polar surface area (TPSA) is 86.6 Å². The van der Waals surface area contributed by atoms with Crippen LogP contribution in [0.4, 0.5) is 0 Å². The first-order chi connectivity index (χ1) is 6.82. The van der Waals surface area contributed by atoms with E-state index in [-0.39, 0.29) is 18.2 Å². The van der Waals surface area contributed by atoms with Crippen LogP contribution in [0.2, 0.25) is 0 Å². The summed E-state index contributed by atoms with van der Waals surface area (Å²) in [5, 5.41) is 20.7. The molecule has 0 fully saturated rings. The fraction of sp³-hybridized carbons (Fsp3) is 0.800. The summed E-state index contributed by atoms with van der Waals surface area (Å²) in [6.45, 7) is 5.24. The zero-order valence-corrected chi connectivity index (χ0v) is 9.36. The van der Waals surface area contributed by atoms with Gasteiger partial charge in [0.1, 0.15) is 0 Å². The fourth-order valence-corrected chi connectivity index (χ4v) is 1.40. The second-order valence-electron chi connectivity index (χ2n) is 4.10. The van der Waals surface area contributed by atoms with Crippen LogP contribution in [-0.2, 0) is 9.59 Å². The molecule has 0 heterocycles. The first kappa shape index (κ1) is 13.9. The molecule has 15 heavy (non-hydrogen) atoms. The lowest BCUT2D eigenvalue weighted by Crippen LogP contribution is -2.44. The van der Waals surface area contributed by atoms with Gasteiger partial charge in [-0.15, -0.1) is 0 Å². The number of carboxylic acid groups (broad SMARTS) is 1. The minimum Gasteiger partial charge on any atom is -0.481 e. The molecule has 1 amide bonds. The molecule has 0 aromatic rings. The highest BCUT2D eigenvalue weighted by Gasteiger charge is 2.23. The number of nitrogens with one attached hydrogen (secondary N) is 1. The van der Waals surface area contributed by atoms with Gasteiger partial charge in [0.15, 0.2) is 0 Å². The molecule has 0 aliphatic rings. The predicted molar refractivity (Wildman–Crippen MR) is 55.3 cm³/mol. The molecule has 0 rings (SSSR count). The molecular weight excluding hydrogens is 198 g/mol. The lowest BCUT2D eigenvalue weighted by atomic mass is 9.97. The highest BCUT2D eigenvalue weighted by atomic mass is 16.4. The Labute approximate surface area is 89.5 Å². The third-order valence-corrected chi connectivity index (χ3v) is 1.96. The number of aliphatic carboxylic acids is 1. The van der Waals surface area contributed by atoms with E-state index in [1.165, 1.54) is 6.92 Å². The number of hydrogen-bond acceptors (Lipinski definition) is 3. The quantitative estimate of drug-likeness (QED) is 0.600. The molecule has 3 N–H and O–H groups in total. The van der Waals surface area contributed by atoms with Crippen LogP contribution in [0.25, 0.3) is 0 Å². The van der Waals surface area contributed by atoms with Gasteiger partial charge in [0.25, 0.3) is 0 Å². The number of carboxylic acids is 1. The number of carbonyl (C=O) groups excluding carboxylic acids is 1. The highest BCUT2D eigenvalue weighted by molar-refractivity contribution is 5.73. The minimum absolute atomic E-state index is 0.259. The van der Waals surface area contributed by atoms with Crippen molar-refractivity contribution < 1.29 is 19.8 Å². The first-order valence-electron chi connectivity index (χ1n) is 5.00. The Bertz CT molecular complexity index is 227. The lowest BCUT2D eigenvalue weighted by molar-refractivity contribution is -0.140. The summed E-state index contributed by atoms with van der Waals surface area (Å²) in [4.78, 5) is 21.3. The van der Waals surface area contributed by atoms with Gasteiger partial charge < -0.3 is 15.5 Å². The van der Waals surface area contributed by atoms with Crippen LogP contribution in [-0.4, -0.2) is 34.2 Å². The van der Waals surface area contributed by atoms with E-state index < -0.39 is 18.1 Å². The predicted octanol–water partition coefficient (Wildman–Crippen LogP) is 0.373. The monoisotopic (exact) mass is 217 g/mol. The summed E-state index contributed by atoms with van der Waals surface area (Å²) in [7, 11) is 0. The molecule has 0 spiro atoms. The van der Waals surface area contributed by atoms with E-state index in [1.807, 2.05) is 13.8 Å². The summed E-state index contributed by atoms with van der Waals surface area (Å²) < 4.78 is 0. The molecule has 0 saturated carbocycles. The Morgan fingerprint density at radius 3 is 2.20 bits per heavy atom. The average molecular weight is 217 g/mol. The van der Waals surface area contributed by atoms with Crippen molar-refractivity contribution in [1.29, 1.82) is 0 Å².